The monoisotopic (exact) mass is 468 g/mol. The number of amides is 2. The van der Waals surface area contributed by atoms with Crippen molar-refractivity contribution in [1.82, 2.24) is 15.1 Å². The van der Waals surface area contributed by atoms with E-state index in [1.807, 2.05) is 18.2 Å². The van der Waals surface area contributed by atoms with Crippen molar-refractivity contribution in [2.75, 3.05) is 50.7 Å². The quantitative estimate of drug-likeness (QED) is 0.679. The molecular weight excluding hydrogens is 435 g/mol. The number of piperazine rings is 1. The van der Waals surface area contributed by atoms with Crippen LogP contribution in [0.1, 0.15) is 30.6 Å². The summed E-state index contributed by atoms with van der Waals surface area (Å²) >= 11 is 0. The van der Waals surface area contributed by atoms with E-state index in [4.69, 9.17) is 0 Å². The minimum atomic E-state index is -1.23. The summed E-state index contributed by atoms with van der Waals surface area (Å²) in [6, 6.07) is 16.0. The Morgan fingerprint density at radius 3 is 2.32 bits per heavy atom. The molecule has 0 radical (unpaired) electrons. The largest absolute Gasteiger partial charge is 0.387 e. The first-order valence-electron chi connectivity index (χ1n) is 11.8. The van der Waals surface area contributed by atoms with Crippen LogP contribution in [-0.4, -0.2) is 83.7 Å². The second kappa shape index (κ2) is 9.72. The van der Waals surface area contributed by atoms with Gasteiger partial charge in [-0.2, -0.15) is 0 Å². The number of anilines is 1. The molecule has 0 aliphatic carbocycles. The van der Waals surface area contributed by atoms with E-state index in [1.165, 1.54) is 23.9 Å². The molecule has 0 unspecified atom stereocenters. The van der Waals surface area contributed by atoms with Crippen molar-refractivity contribution in [3.63, 3.8) is 0 Å². The number of para-hydroxylation sites is 1. The van der Waals surface area contributed by atoms with Gasteiger partial charge in [-0.25, -0.2) is 4.39 Å². The second-order valence-corrected chi connectivity index (χ2v) is 9.86. The lowest BCUT2D eigenvalue weighted by Crippen LogP contribution is -2.57. The number of likely N-dealkylation sites (tertiary alicyclic amines) is 1. The predicted molar refractivity (Wildman–Crippen MR) is 129 cm³/mol. The van der Waals surface area contributed by atoms with Gasteiger partial charge in [-0.1, -0.05) is 30.3 Å². The molecular formula is C26H33FN4O3. The minimum absolute atomic E-state index is 0.101. The number of benzene rings is 2. The van der Waals surface area contributed by atoms with Crippen molar-refractivity contribution in [3.05, 3.63) is 66.0 Å². The van der Waals surface area contributed by atoms with Gasteiger partial charge >= 0.3 is 0 Å². The number of β-amino-alcohol motifs (C(OH)–C–C–N with tert-alkyl or cyclic N) is 1. The number of carbonyl (C=O) groups is 2. The molecule has 2 aliphatic heterocycles. The van der Waals surface area contributed by atoms with Gasteiger partial charge in [-0.3, -0.25) is 14.5 Å². The van der Waals surface area contributed by atoms with E-state index in [2.05, 4.69) is 27.2 Å². The molecule has 2 aliphatic rings. The van der Waals surface area contributed by atoms with Gasteiger partial charge in [-0.15, -0.1) is 0 Å². The molecule has 8 heteroatoms. The lowest BCUT2D eigenvalue weighted by atomic mass is 10.0. The van der Waals surface area contributed by atoms with Crippen molar-refractivity contribution in [3.8, 4) is 0 Å². The summed E-state index contributed by atoms with van der Waals surface area (Å²) in [6.07, 6.45) is 0.481. The van der Waals surface area contributed by atoms with E-state index >= 15 is 0 Å². The maximum atomic E-state index is 14.0. The summed E-state index contributed by atoms with van der Waals surface area (Å²) in [6.45, 7) is 7.80. The van der Waals surface area contributed by atoms with Gasteiger partial charge in [0.1, 0.15) is 11.4 Å². The molecule has 34 heavy (non-hydrogen) atoms. The first-order valence-corrected chi connectivity index (χ1v) is 11.8. The van der Waals surface area contributed by atoms with Crippen LogP contribution < -0.4 is 10.2 Å². The third kappa shape index (κ3) is 5.39. The maximum Gasteiger partial charge on any atom is 0.255 e. The molecule has 2 aromatic carbocycles. The zero-order valence-corrected chi connectivity index (χ0v) is 19.8. The summed E-state index contributed by atoms with van der Waals surface area (Å²) in [5.41, 5.74) is -1.11. The van der Waals surface area contributed by atoms with E-state index in [-0.39, 0.29) is 18.0 Å². The van der Waals surface area contributed by atoms with E-state index in [0.717, 1.165) is 26.2 Å². The van der Waals surface area contributed by atoms with Gasteiger partial charge in [0.2, 0.25) is 5.91 Å². The summed E-state index contributed by atoms with van der Waals surface area (Å²) < 4.78 is 14.0. The van der Waals surface area contributed by atoms with Crippen LogP contribution in [0.4, 0.5) is 10.1 Å². The molecule has 182 valence electrons. The van der Waals surface area contributed by atoms with Crippen molar-refractivity contribution < 1.29 is 19.1 Å². The molecule has 2 saturated heterocycles. The number of carbonyl (C=O) groups excluding carboxylic acids is 2. The van der Waals surface area contributed by atoms with E-state index in [1.54, 1.807) is 24.8 Å². The van der Waals surface area contributed by atoms with Crippen LogP contribution in [0.3, 0.4) is 0 Å². The topological polar surface area (TPSA) is 76.1 Å². The Bertz CT molecular complexity index is 1020. The van der Waals surface area contributed by atoms with Crippen LogP contribution in [0, 0.1) is 5.82 Å². The van der Waals surface area contributed by atoms with Crippen LogP contribution >= 0.6 is 0 Å². The zero-order valence-electron chi connectivity index (χ0n) is 19.8. The number of halogens is 1. The first-order chi connectivity index (χ1) is 16.2. The number of rotatable bonds is 6. The van der Waals surface area contributed by atoms with Crippen LogP contribution in [0.2, 0.25) is 0 Å². The average molecular weight is 469 g/mol. The van der Waals surface area contributed by atoms with Crippen molar-refractivity contribution >= 4 is 17.5 Å². The Labute approximate surface area is 200 Å². The minimum Gasteiger partial charge on any atom is -0.387 e. The lowest BCUT2D eigenvalue weighted by molar-refractivity contribution is -0.136. The molecule has 0 saturated carbocycles. The predicted octanol–water partition coefficient (Wildman–Crippen LogP) is 2.12. The summed E-state index contributed by atoms with van der Waals surface area (Å²) in [7, 11) is 0. The molecule has 0 spiro atoms. The molecule has 1 atom stereocenters. The molecule has 2 fully saturated rings. The van der Waals surface area contributed by atoms with Crippen molar-refractivity contribution in [2.45, 2.75) is 31.4 Å². The van der Waals surface area contributed by atoms with Gasteiger partial charge in [0.15, 0.2) is 0 Å². The second-order valence-electron chi connectivity index (χ2n) is 9.86. The van der Waals surface area contributed by atoms with E-state index < -0.39 is 22.9 Å². The lowest BCUT2D eigenvalue weighted by Gasteiger charge is -2.39. The van der Waals surface area contributed by atoms with Gasteiger partial charge in [-0.05, 0) is 44.5 Å². The highest BCUT2D eigenvalue weighted by molar-refractivity contribution is 5.99. The van der Waals surface area contributed by atoms with Crippen LogP contribution in [0.5, 0.6) is 0 Å². The molecule has 7 nitrogen and oxygen atoms in total. The highest BCUT2D eigenvalue weighted by atomic mass is 19.1. The summed E-state index contributed by atoms with van der Waals surface area (Å²) in [5, 5.41) is 13.9. The van der Waals surface area contributed by atoms with Gasteiger partial charge in [0.25, 0.3) is 5.91 Å². The Balaban J connectivity index is 1.31. The first kappa shape index (κ1) is 24.2. The molecule has 2 amide bonds. The van der Waals surface area contributed by atoms with Gasteiger partial charge in [0.05, 0.1) is 17.7 Å². The summed E-state index contributed by atoms with van der Waals surface area (Å²) in [4.78, 5) is 31.9. The van der Waals surface area contributed by atoms with Gasteiger partial charge < -0.3 is 20.2 Å². The molecule has 2 heterocycles. The fraction of sp³-hybridized carbons (Fsp3) is 0.462. The Hall–Kier alpha value is -2.97. The van der Waals surface area contributed by atoms with Gasteiger partial charge in [0, 0.05) is 45.0 Å². The highest BCUT2D eigenvalue weighted by Crippen LogP contribution is 2.26. The molecule has 4 rings (SSSR count). The SMILES string of the molecule is CC(C)(NC(=O)c1ccccc1F)C(=O)N1CC[C@](O)(CN2CCN(c3ccccc3)CC2)C1. The number of aliphatic hydroxyl groups is 1. The van der Waals surface area contributed by atoms with E-state index in [0.29, 0.717) is 19.5 Å². The highest BCUT2D eigenvalue weighted by Gasteiger charge is 2.44. The maximum absolute atomic E-state index is 14.0. The number of nitrogens with one attached hydrogen (secondary N) is 1. The Morgan fingerprint density at radius 2 is 1.65 bits per heavy atom. The standard InChI is InChI=1S/C26H33FN4O3/c1-25(2,28-23(32)21-10-6-7-11-22(21)27)24(33)31-13-12-26(34,19-31)18-29-14-16-30(17-15-29)20-8-4-3-5-9-20/h3-11,34H,12-19H2,1-2H3,(H,28,32)/t26-/m0/s1. The Kier molecular flexibility index (Phi) is 6.91. The van der Waals surface area contributed by atoms with Crippen molar-refractivity contribution in [2.24, 2.45) is 0 Å². The van der Waals surface area contributed by atoms with Crippen LogP contribution in [0.15, 0.2) is 54.6 Å². The zero-order chi connectivity index (χ0) is 24.3. The number of hydrogen-bond acceptors (Lipinski definition) is 5. The molecule has 2 N–H and O–H groups in total. The third-order valence-corrected chi connectivity index (χ3v) is 6.71. The summed E-state index contributed by atoms with van der Waals surface area (Å²) in [5.74, 6) is -1.56. The third-order valence-electron chi connectivity index (χ3n) is 6.71. The molecule has 0 aromatic heterocycles. The fourth-order valence-corrected chi connectivity index (χ4v) is 4.82. The molecule has 2 aromatic rings. The normalized spacial score (nSPS) is 21.5. The fourth-order valence-electron chi connectivity index (χ4n) is 4.82. The number of nitrogens with zero attached hydrogens (tertiary/aromatic N) is 3. The Morgan fingerprint density at radius 1 is 1.00 bits per heavy atom. The van der Waals surface area contributed by atoms with Crippen molar-refractivity contribution in [1.29, 1.82) is 0 Å². The average Bonchev–Trinajstić information content (AvgIpc) is 3.21. The van der Waals surface area contributed by atoms with E-state index in [9.17, 15) is 19.1 Å². The smallest absolute Gasteiger partial charge is 0.255 e. The van der Waals surface area contributed by atoms with Crippen LogP contribution in [-0.2, 0) is 4.79 Å². The van der Waals surface area contributed by atoms with Crippen LogP contribution in [0.25, 0.3) is 0 Å². The number of hydrogen-bond donors (Lipinski definition) is 2. The molecule has 0 bridgehead atoms.